The van der Waals surface area contributed by atoms with Crippen LogP contribution in [0, 0.1) is 12.7 Å². The fourth-order valence-electron chi connectivity index (χ4n) is 2.82. The fourth-order valence-corrected chi connectivity index (χ4v) is 3.54. The average molecular weight is 428 g/mol. The van der Waals surface area contributed by atoms with Gasteiger partial charge in [0.1, 0.15) is 5.82 Å². The van der Waals surface area contributed by atoms with Crippen molar-refractivity contribution in [3.63, 3.8) is 0 Å². The van der Waals surface area contributed by atoms with Gasteiger partial charge in [0, 0.05) is 23.9 Å². The molecule has 3 aromatic rings. The molecule has 30 heavy (non-hydrogen) atoms. The summed E-state index contributed by atoms with van der Waals surface area (Å²) in [7, 11) is 1.78. The van der Waals surface area contributed by atoms with E-state index in [0.29, 0.717) is 27.8 Å². The lowest BCUT2D eigenvalue weighted by atomic mass is 10.2. The quantitative estimate of drug-likeness (QED) is 0.564. The molecule has 1 heterocycles. The Bertz CT molecular complexity index is 1050. The smallest absolute Gasteiger partial charge is 0.251 e. The molecule has 156 valence electrons. The highest BCUT2D eigenvalue weighted by Crippen LogP contribution is 2.21. The molecule has 7 nitrogen and oxygen atoms in total. The van der Waals surface area contributed by atoms with Gasteiger partial charge in [-0.25, -0.2) is 4.39 Å². The van der Waals surface area contributed by atoms with Crippen LogP contribution in [0.25, 0.3) is 0 Å². The summed E-state index contributed by atoms with van der Waals surface area (Å²) in [6, 6.07) is 13.1. The van der Waals surface area contributed by atoms with Crippen LogP contribution in [0.5, 0.6) is 0 Å². The molecule has 0 fully saturated rings. The monoisotopic (exact) mass is 427 g/mol. The molecule has 0 aliphatic carbocycles. The Hall–Kier alpha value is -3.20. The summed E-state index contributed by atoms with van der Waals surface area (Å²) >= 11 is 1.21. The molecular weight excluding hydrogens is 405 g/mol. The van der Waals surface area contributed by atoms with Gasteiger partial charge in [-0.2, -0.15) is 0 Å². The maximum Gasteiger partial charge on any atom is 0.251 e. The van der Waals surface area contributed by atoms with Gasteiger partial charge in [0.2, 0.25) is 5.91 Å². The second-order valence-corrected chi connectivity index (χ2v) is 7.65. The van der Waals surface area contributed by atoms with Crippen molar-refractivity contribution in [3.05, 3.63) is 71.3 Å². The Morgan fingerprint density at radius 1 is 1.13 bits per heavy atom. The van der Waals surface area contributed by atoms with Gasteiger partial charge in [-0.05, 0) is 38.1 Å². The molecule has 0 saturated heterocycles. The lowest BCUT2D eigenvalue weighted by Crippen LogP contribution is -2.28. The molecule has 0 spiro atoms. The number of hydrogen-bond acceptors (Lipinski definition) is 5. The van der Waals surface area contributed by atoms with E-state index >= 15 is 0 Å². The number of hydrogen-bond donors (Lipinski definition) is 2. The summed E-state index contributed by atoms with van der Waals surface area (Å²) in [6.45, 7) is 3.43. The average Bonchev–Trinajstić information content (AvgIpc) is 3.11. The van der Waals surface area contributed by atoms with Crippen LogP contribution in [0.2, 0.25) is 0 Å². The molecule has 0 aliphatic heterocycles. The number of carbonyl (C=O) groups excluding carboxylic acids is 2. The van der Waals surface area contributed by atoms with Crippen LogP contribution in [-0.4, -0.2) is 32.3 Å². The Morgan fingerprint density at radius 2 is 1.87 bits per heavy atom. The molecular formula is C21H22FN5O2S. The molecule has 3 rings (SSSR count). The number of carbonyl (C=O) groups is 2. The van der Waals surface area contributed by atoms with E-state index in [0.717, 1.165) is 0 Å². The van der Waals surface area contributed by atoms with Crippen molar-refractivity contribution in [2.24, 2.45) is 7.05 Å². The van der Waals surface area contributed by atoms with Crippen LogP contribution in [0.3, 0.4) is 0 Å². The Morgan fingerprint density at radius 3 is 2.60 bits per heavy atom. The van der Waals surface area contributed by atoms with Gasteiger partial charge in [-0.3, -0.25) is 9.59 Å². The third-order valence-electron chi connectivity index (χ3n) is 4.51. The minimum atomic E-state index is -0.370. The van der Waals surface area contributed by atoms with E-state index < -0.39 is 0 Å². The van der Waals surface area contributed by atoms with Crippen molar-refractivity contribution in [1.82, 2.24) is 20.1 Å². The molecule has 9 heteroatoms. The van der Waals surface area contributed by atoms with Gasteiger partial charge in [0.25, 0.3) is 5.91 Å². The molecule has 0 aliphatic rings. The first-order valence-electron chi connectivity index (χ1n) is 9.29. The third-order valence-corrected chi connectivity index (χ3v) is 5.53. The summed E-state index contributed by atoms with van der Waals surface area (Å²) in [5, 5.41) is 14.4. The Labute approximate surface area is 178 Å². The van der Waals surface area contributed by atoms with Gasteiger partial charge in [0.05, 0.1) is 11.8 Å². The Balaban J connectivity index is 1.59. The van der Waals surface area contributed by atoms with Crippen LogP contribution in [0.4, 0.5) is 10.1 Å². The van der Waals surface area contributed by atoms with Crippen LogP contribution in [0.15, 0.2) is 53.7 Å². The summed E-state index contributed by atoms with van der Waals surface area (Å²) in [5.41, 5.74) is 1.39. The predicted molar refractivity (Wildman–Crippen MR) is 114 cm³/mol. The number of thioether (sulfide) groups is 1. The topological polar surface area (TPSA) is 88.9 Å². The van der Waals surface area contributed by atoms with E-state index in [-0.39, 0.29) is 29.4 Å². The molecule has 1 aromatic heterocycles. The number of aromatic nitrogens is 3. The maximum absolute atomic E-state index is 13.6. The first-order chi connectivity index (χ1) is 14.4. The van der Waals surface area contributed by atoms with E-state index in [2.05, 4.69) is 20.8 Å². The predicted octanol–water partition coefficient (Wildman–Crippen LogP) is 3.48. The lowest BCUT2D eigenvalue weighted by molar-refractivity contribution is -0.113. The van der Waals surface area contributed by atoms with E-state index in [1.54, 1.807) is 54.9 Å². The Kier molecular flexibility index (Phi) is 6.83. The molecule has 0 saturated carbocycles. The lowest BCUT2D eigenvalue weighted by Gasteiger charge is -2.13. The highest BCUT2D eigenvalue weighted by molar-refractivity contribution is 7.99. The number of benzene rings is 2. The zero-order valence-electron chi connectivity index (χ0n) is 16.8. The normalized spacial score (nSPS) is 11.7. The van der Waals surface area contributed by atoms with Gasteiger partial charge in [-0.1, -0.05) is 36.0 Å². The first kappa shape index (κ1) is 21.5. The summed E-state index contributed by atoms with van der Waals surface area (Å²) in [4.78, 5) is 24.6. The molecule has 0 bridgehead atoms. The van der Waals surface area contributed by atoms with Gasteiger partial charge in [0.15, 0.2) is 11.0 Å². The summed E-state index contributed by atoms with van der Waals surface area (Å²) < 4.78 is 15.3. The summed E-state index contributed by atoms with van der Waals surface area (Å²) in [5.74, 6) is -0.186. The van der Waals surface area contributed by atoms with Gasteiger partial charge >= 0.3 is 0 Å². The SMILES string of the molecule is Cc1c(F)cccc1NC(=O)CSc1nnc([C@H](C)NC(=O)c2ccccc2)n1C. The molecule has 1 atom stereocenters. The zero-order chi connectivity index (χ0) is 21.7. The first-order valence-corrected chi connectivity index (χ1v) is 10.3. The van der Waals surface area contributed by atoms with Crippen molar-refractivity contribution >= 4 is 29.3 Å². The van der Waals surface area contributed by atoms with Crippen molar-refractivity contribution in [1.29, 1.82) is 0 Å². The van der Waals surface area contributed by atoms with Crippen LogP contribution >= 0.6 is 11.8 Å². The highest BCUT2D eigenvalue weighted by atomic mass is 32.2. The number of amides is 2. The number of nitrogens with one attached hydrogen (secondary N) is 2. The van der Waals surface area contributed by atoms with E-state index in [9.17, 15) is 14.0 Å². The van der Waals surface area contributed by atoms with Crippen molar-refractivity contribution in [2.75, 3.05) is 11.1 Å². The van der Waals surface area contributed by atoms with Crippen molar-refractivity contribution in [2.45, 2.75) is 25.0 Å². The van der Waals surface area contributed by atoms with Crippen LogP contribution < -0.4 is 10.6 Å². The van der Waals surface area contributed by atoms with E-state index in [1.807, 2.05) is 13.0 Å². The molecule has 0 radical (unpaired) electrons. The van der Waals surface area contributed by atoms with E-state index in [4.69, 9.17) is 0 Å². The van der Waals surface area contributed by atoms with Crippen LogP contribution in [-0.2, 0) is 11.8 Å². The van der Waals surface area contributed by atoms with E-state index in [1.165, 1.54) is 17.8 Å². The third kappa shape index (κ3) is 5.04. The standard InChI is InChI=1S/C21H22FN5O2S/c1-13-16(22)10-7-11-17(13)24-18(28)12-30-21-26-25-19(27(21)3)14(2)23-20(29)15-8-5-4-6-9-15/h4-11,14H,12H2,1-3H3,(H,23,29)(H,24,28)/t14-/m0/s1. The largest absolute Gasteiger partial charge is 0.342 e. The molecule has 2 amide bonds. The number of nitrogens with zero attached hydrogens (tertiary/aromatic N) is 3. The molecule has 2 N–H and O–H groups in total. The summed E-state index contributed by atoms with van der Waals surface area (Å²) in [6.07, 6.45) is 0. The second-order valence-electron chi connectivity index (χ2n) is 6.71. The second kappa shape index (κ2) is 9.53. The van der Waals surface area contributed by atoms with Crippen molar-refractivity contribution < 1.29 is 14.0 Å². The van der Waals surface area contributed by atoms with Crippen LogP contribution in [0.1, 0.15) is 34.7 Å². The fraction of sp³-hybridized carbons (Fsp3) is 0.238. The number of halogens is 1. The van der Waals surface area contributed by atoms with Gasteiger partial charge in [-0.15, -0.1) is 10.2 Å². The maximum atomic E-state index is 13.6. The molecule has 0 unspecified atom stereocenters. The van der Waals surface area contributed by atoms with Crippen molar-refractivity contribution in [3.8, 4) is 0 Å². The number of anilines is 1. The minimum Gasteiger partial charge on any atom is -0.342 e. The molecule has 2 aromatic carbocycles. The minimum absolute atomic E-state index is 0.0900. The highest BCUT2D eigenvalue weighted by Gasteiger charge is 2.19. The number of rotatable bonds is 7. The zero-order valence-corrected chi connectivity index (χ0v) is 17.7. The van der Waals surface area contributed by atoms with Gasteiger partial charge < -0.3 is 15.2 Å².